The van der Waals surface area contributed by atoms with Gasteiger partial charge in [0, 0.05) is 18.2 Å². The zero-order valence-electron chi connectivity index (χ0n) is 11.1. The average molecular weight is 259 g/mol. The smallest absolute Gasteiger partial charge is 0.337 e. The quantitative estimate of drug-likeness (QED) is 0.920. The monoisotopic (exact) mass is 259 g/mol. The van der Waals surface area contributed by atoms with Crippen LogP contribution in [0.4, 0.5) is 0 Å². The second-order valence-corrected chi connectivity index (χ2v) is 5.43. The number of aromatic carboxylic acids is 1. The van der Waals surface area contributed by atoms with Gasteiger partial charge in [0.05, 0.1) is 5.56 Å². The summed E-state index contributed by atoms with van der Waals surface area (Å²) in [4.78, 5) is 19.9. The van der Waals surface area contributed by atoms with Gasteiger partial charge in [0.1, 0.15) is 11.3 Å². The Morgan fingerprint density at radius 1 is 1.47 bits per heavy atom. The molecular weight excluding hydrogens is 242 g/mol. The molecule has 1 aliphatic carbocycles. The maximum Gasteiger partial charge on any atom is 0.337 e. The first kappa shape index (κ1) is 12.1. The summed E-state index contributed by atoms with van der Waals surface area (Å²) in [6.07, 6.45) is 5.00. The van der Waals surface area contributed by atoms with E-state index in [0.717, 1.165) is 11.5 Å². The summed E-state index contributed by atoms with van der Waals surface area (Å²) in [5, 5.41) is 9.02. The number of rotatable bonds is 3. The van der Waals surface area contributed by atoms with Crippen molar-refractivity contribution >= 4 is 17.1 Å². The molecule has 0 unspecified atom stereocenters. The summed E-state index contributed by atoms with van der Waals surface area (Å²) in [5.41, 5.74) is 1.68. The highest BCUT2D eigenvalue weighted by atomic mass is 16.4. The molecule has 1 N–H and O–H groups in total. The van der Waals surface area contributed by atoms with E-state index in [-0.39, 0.29) is 11.6 Å². The van der Waals surface area contributed by atoms with Gasteiger partial charge in [0.15, 0.2) is 5.65 Å². The van der Waals surface area contributed by atoms with E-state index in [9.17, 15) is 4.79 Å². The molecule has 2 aromatic rings. The van der Waals surface area contributed by atoms with Crippen LogP contribution in [0.15, 0.2) is 12.3 Å². The van der Waals surface area contributed by atoms with Crippen molar-refractivity contribution in [3.05, 3.63) is 23.7 Å². The fourth-order valence-corrected chi connectivity index (χ4v) is 2.58. The fraction of sp³-hybridized carbons (Fsp3) is 0.500. The summed E-state index contributed by atoms with van der Waals surface area (Å²) in [6, 6.07) is 1.90. The Balaban J connectivity index is 2.19. The molecule has 0 amide bonds. The number of carbonyl (C=O) groups is 1. The van der Waals surface area contributed by atoms with Crippen molar-refractivity contribution in [1.29, 1.82) is 0 Å². The molecule has 1 fully saturated rings. The molecule has 1 saturated carbocycles. The molecule has 0 aliphatic heterocycles. The number of nitrogens with zero attached hydrogens (tertiary/aromatic N) is 3. The van der Waals surface area contributed by atoms with E-state index in [0.29, 0.717) is 11.4 Å². The first-order valence-electron chi connectivity index (χ1n) is 6.69. The predicted molar refractivity (Wildman–Crippen MR) is 71.5 cm³/mol. The Labute approximate surface area is 111 Å². The average Bonchev–Trinajstić information content (AvgIpc) is 2.63. The molecule has 5 heteroatoms. The van der Waals surface area contributed by atoms with Crippen molar-refractivity contribution in [2.75, 3.05) is 0 Å². The van der Waals surface area contributed by atoms with Crippen molar-refractivity contribution in [2.45, 2.75) is 45.1 Å². The van der Waals surface area contributed by atoms with E-state index >= 15 is 0 Å². The van der Waals surface area contributed by atoms with Crippen molar-refractivity contribution in [1.82, 2.24) is 14.5 Å². The van der Waals surface area contributed by atoms with Crippen LogP contribution in [0.2, 0.25) is 0 Å². The van der Waals surface area contributed by atoms with E-state index in [1.165, 1.54) is 25.5 Å². The maximum atomic E-state index is 11.0. The molecule has 100 valence electrons. The molecule has 5 nitrogen and oxygen atoms in total. The number of carboxylic acid groups (broad SMARTS) is 1. The van der Waals surface area contributed by atoms with E-state index in [4.69, 9.17) is 5.11 Å². The van der Waals surface area contributed by atoms with Gasteiger partial charge < -0.3 is 9.67 Å². The highest BCUT2D eigenvalue weighted by molar-refractivity contribution is 5.90. The number of imidazole rings is 1. The largest absolute Gasteiger partial charge is 0.478 e. The minimum absolute atomic E-state index is 0.195. The predicted octanol–water partition coefficient (Wildman–Crippen LogP) is 2.98. The van der Waals surface area contributed by atoms with Crippen molar-refractivity contribution < 1.29 is 9.90 Å². The summed E-state index contributed by atoms with van der Waals surface area (Å²) in [5.74, 6) is 0.606. The van der Waals surface area contributed by atoms with Gasteiger partial charge in [-0.1, -0.05) is 6.42 Å². The molecule has 0 radical (unpaired) electrons. The van der Waals surface area contributed by atoms with Gasteiger partial charge in [-0.05, 0) is 32.8 Å². The second-order valence-electron chi connectivity index (χ2n) is 5.43. The van der Waals surface area contributed by atoms with Crippen molar-refractivity contribution in [2.24, 2.45) is 0 Å². The minimum atomic E-state index is -0.960. The number of carboxylic acids is 1. The van der Waals surface area contributed by atoms with Crippen LogP contribution in [0.5, 0.6) is 0 Å². The zero-order chi connectivity index (χ0) is 13.6. The zero-order valence-corrected chi connectivity index (χ0v) is 11.1. The molecule has 0 bridgehead atoms. The van der Waals surface area contributed by atoms with Gasteiger partial charge in [-0.15, -0.1) is 0 Å². The molecule has 2 aromatic heterocycles. The molecular formula is C14H17N3O2. The Kier molecular flexibility index (Phi) is 2.77. The normalized spacial score (nSPS) is 15.9. The number of fused-ring (bicyclic) bond motifs is 1. The van der Waals surface area contributed by atoms with Crippen LogP contribution in [-0.2, 0) is 0 Å². The van der Waals surface area contributed by atoms with E-state index in [1.54, 1.807) is 6.07 Å². The lowest BCUT2D eigenvalue weighted by atomic mass is 9.84. The molecule has 2 heterocycles. The third-order valence-electron chi connectivity index (χ3n) is 3.79. The van der Waals surface area contributed by atoms with Crippen LogP contribution in [-0.4, -0.2) is 25.6 Å². The molecule has 0 saturated heterocycles. The number of pyridine rings is 1. The molecule has 0 atom stereocenters. The van der Waals surface area contributed by atoms with Crippen LogP contribution >= 0.6 is 0 Å². The molecule has 19 heavy (non-hydrogen) atoms. The maximum absolute atomic E-state index is 11.0. The summed E-state index contributed by atoms with van der Waals surface area (Å²) >= 11 is 0. The topological polar surface area (TPSA) is 68.0 Å². The van der Waals surface area contributed by atoms with Gasteiger partial charge in [0.2, 0.25) is 0 Å². The highest BCUT2D eigenvalue weighted by Gasteiger charge is 2.27. The lowest BCUT2D eigenvalue weighted by Crippen LogP contribution is -2.16. The van der Waals surface area contributed by atoms with Gasteiger partial charge in [-0.25, -0.2) is 14.8 Å². The highest BCUT2D eigenvalue weighted by Crippen LogP contribution is 2.38. The standard InChI is InChI=1S/C14H17N3O2/c1-8(2)17-12(9-4-3-5-9)16-11-6-10(14(18)19)7-15-13(11)17/h6-9H,3-5H2,1-2H3,(H,18,19). The molecule has 1 aliphatic rings. The lowest BCUT2D eigenvalue weighted by molar-refractivity contribution is 0.0696. The SMILES string of the molecule is CC(C)n1c(C2CCC2)nc2cc(C(=O)O)cnc21. The first-order valence-corrected chi connectivity index (χ1v) is 6.69. The van der Waals surface area contributed by atoms with E-state index < -0.39 is 5.97 Å². The Morgan fingerprint density at radius 3 is 2.74 bits per heavy atom. The molecule has 0 spiro atoms. The Hall–Kier alpha value is -1.91. The summed E-state index contributed by atoms with van der Waals surface area (Å²) < 4.78 is 2.14. The number of aromatic nitrogens is 3. The third-order valence-corrected chi connectivity index (χ3v) is 3.79. The van der Waals surface area contributed by atoms with Gasteiger partial charge >= 0.3 is 5.97 Å². The molecule has 3 rings (SSSR count). The molecule has 0 aromatic carbocycles. The lowest BCUT2D eigenvalue weighted by Gasteiger charge is -2.26. The fourth-order valence-electron chi connectivity index (χ4n) is 2.58. The number of hydrogen-bond donors (Lipinski definition) is 1. The van der Waals surface area contributed by atoms with Crippen LogP contribution in [0.3, 0.4) is 0 Å². The van der Waals surface area contributed by atoms with Crippen LogP contribution in [0, 0.1) is 0 Å². The van der Waals surface area contributed by atoms with Crippen molar-refractivity contribution in [3.8, 4) is 0 Å². The summed E-state index contributed by atoms with van der Waals surface area (Å²) in [7, 11) is 0. The summed E-state index contributed by atoms with van der Waals surface area (Å²) in [6.45, 7) is 4.21. The first-order chi connectivity index (χ1) is 9.08. The minimum Gasteiger partial charge on any atom is -0.478 e. The van der Waals surface area contributed by atoms with Gasteiger partial charge in [-0.3, -0.25) is 0 Å². The number of hydrogen-bond acceptors (Lipinski definition) is 3. The van der Waals surface area contributed by atoms with E-state index in [2.05, 4.69) is 28.4 Å². The Morgan fingerprint density at radius 2 is 2.21 bits per heavy atom. The van der Waals surface area contributed by atoms with Gasteiger partial charge in [0.25, 0.3) is 0 Å². The van der Waals surface area contributed by atoms with Crippen LogP contribution < -0.4 is 0 Å². The van der Waals surface area contributed by atoms with Crippen LogP contribution in [0.25, 0.3) is 11.2 Å². The third kappa shape index (κ3) is 1.89. The Bertz CT molecular complexity index is 641. The second kappa shape index (κ2) is 4.33. The van der Waals surface area contributed by atoms with E-state index in [1.807, 2.05) is 0 Å². The van der Waals surface area contributed by atoms with Crippen molar-refractivity contribution in [3.63, 3.8) is 0 Å². The van der Waals surface area contributed by atoms with Gasteiger partial charge in [-0.2, -0.15) is 0 Å². The van der Waals surface area contributed by atoms with Crippen LogP contribution in [0.1, 0.15) is 61.3 Å².